The Balaban J connectivity index is 2.42. The second-order valence-electron chi connectivity index (χ2n) is 4.05. The van der Waals surface area contributed by atoms with Crippen LogP contribution in [0.25, 0.3) is 0 Å². The number of unbranched alkanes of at least 4 members (excludes halogenated alkanes) is 1. The molecule has 1 amide bonds. The summed E-state index contributed by atoms with van der Waals surface area (Å²) in [5.74, 6) is 1.06. The maximum absolute atomic E-state index is 11.8. The predicted molar refractivity (Wildman–Crippen MR) is 75.5 cm³/mol. The molecule has 17 heavy (non-hydrogen) atoms. The number of nitrogens with one attached hydrogen (secondary N) is 1. The van der Waals surface area contributed by atoms with Gasteiger partial charge in [0.15, 0.2) is 0 Å². The summed E-state index contributed by atoms with van der Waals surface area (Å²) >= 11 is 1.83. The lowest BCUT2D eigenvalue weighted by Crippen LogP contribution is -2.25. The second kappa shape index (κ2) is 7.22. The van der Waals surface area contributed by atoms with E-state index in [1.165, 1.54) is 0 Å². The van der Waals surface area contributed by atoms with Crippen LogP contribution in [0.15, 0.2) is 18.2 Å². The highest BCUT2D eigenvalue weighted by atomic mass is 32.2. The quantitative estimate of drug-likeness (QED) is 0.604. The molecule has 0 bridgehead atoms. The van der Waals surface area contributed by atoms with Crippen LogP contribution in [-0.2, 0) is 0 Å². The van der Waals surface area contributed by atoms with Crippen molar-refractivity contribution in [3.05, 3.63) is 29.3 Å². The number of amides is 1. The molecule has 1 aromatic rings. The summed E-state index contributed by atoms with van der Waals surface area (Å²) in [7, 11) is 0. The first-order valence-electron chi connectivity index (χ1n) is 5.78. The summed E-state index contributed by atoms with van der Waals surface area (Å²) in [6.45, 7) is 2.67. The molecule has 1 aromatic carbocycles. The van der Waals surface area contributed by atoms with Gasteiger partial charge in [-0.05, 0) is 49.5 Å². The highest BCUT2D eigenvalue weighted by Crippen LogP contribution is 2.13. The first-order chi connectivity index (χ1) is 8.15. The van der Waals surface area contributed by atoms with E-state index in [1.807, 2.05) is 30.8 Å². The zero-order chi connectivity index (χ0) is 12.7. The standard InChI is InChI=1S/C13H20N2OS/c1-10-5-6-11(12(14)9-10)13(16)15-7-3-4-8-17-2/h5-6,9H,3-4,7-8,14H2,1-2H3,(H,15,16). The Morgan fingerprint density at radius 1 is 1.41 bits per heavy atom. The van der Waals surface area contributed by atoms with E-state index < -0.39 is 0 Å². The normalized spacial score (nSPS) is 10.2. The molecule has 3 N–H and O–H groups in total. The Labute approximate surface area is 107 Å². The van der Waals surface area contributed by atoms with Gasteiger partial charge in [-0.15, -0.1) is 0 Å². The van der Waals surface area contributed by atoms with Gasteiger partial charge in [-0.3, -0.25) is 4.79 Å². The molecule has 94 valence electrons. The van der Waals surface area contributed by atoms with E-state index >= 15 is 0 Å². The lowest BCUT2D eigenvalue weighted by atomic mass is 10.1. The molecule has 1 rings (SSSR count). The van der Waals surface area contributed by atoms with E-state index in [2.05, 4.69) is 11.6 Å². The van der Waals surface area contributed by atoms with Crippen LogP contribution in [0.2, 0.25) is 0 Å². The van der Waals surface area contributed by atoms with Crippen LogP contribution < -0.4 is 11.1 Å². The molecule has 0 unspecified atom stereocenters. The zero-order valence-electron chi connectivity index (χ0n) is 10.5. The van der Waals surface area contributed by atoms with Crippen molar-refractivity contribution in [2.24, 2.45) is 0 Å². The predicted octanol–water partition coefficient (Wildman–Crippen LogP) is 2.45. The van der Waals surface area contributed by atoms with Crippen molar-refractivity contribution in [3.8, 4) is 0 Å². The molecule has 0 aliphatic heterocycles. The van der Waals surface area contributed by atoms with E-state index in [0.29, 0.717) is 17.8 Å². The molecule has 0 aliphatic carbocycles. The maximum atomic E-state index is 11.8. The summed E-state index contributed by atoms with van der Waals surface area (Å²) in [5, 5.41) is 2.89. The number of hydrogen-bond donors (Lipinski definition) is 2. The number of nitrogens with two attached hydrogens (primary N) is 1. The van der Waals surface area contributed by atoms with Crippen LogP contribution in [-0.4, -0.2) is 24.5 Å². The molecular weight excluding hydrogens is 232 g/mol. The van der Waals surface area contributed by atoms with Crippen LogP contribution in [0.1, 0.15) is 28.8 Å². The highest BCUT2D eigenvalue weighted by Gasteiger charge is 2.08. The third kappa shape index (κ3) is 4.69. The van der Waals surface area contributed by atoms with Gasteiger partial charge in [0.1, 0.15) is 0 Å². The van der Waals surface area contributed by atoms with Crippen molar-refractivity contribution in [1.29, 1.82) is 0 Å². The van der Waals surface area contributed by atoms with E-state index in [-0.39, 0.29) is 5.91 Å². The van der Waals surface area contributed by atoms with Crippen molar-refractivity contribution in [2.45, 2.75) is 19.8 Å². The van der Waals surface area contributed by atoms with E-state index in [0.717, 1.165) is 24.2 Å². The van der Waals surface area contributed by atoms with Crippen LogP contribution in [0.5, 0.6) is 0 Å². The molecule has 0 saturated heterocycles. The van der Waals surface area contributed by atoms with Crippen molar-refractivity contribution < 1.29 is 4.79 Å². The number of nitrogen functional groups attached to an aromatic ring is 1. The zero-order valence-corrected chi connectivity index (χ0v) is 11.3. The molecule has 0 radical (unpaired) electrons. The first-order valence-corrected chi connectivity index (χ1v) is 7.18. The van der Waals surface area contributed by atoms with Gasteiger partial charge in [0.2, 0.25) is 0 Å². The van der Waals surface area contributed by atoms with Gasteiger partial charge >= 0.3 is 0 Å². The van der Waals surface area contributed by atoms with Crippen molar-refractivity contribution in [2.75, 3.05) is 24.3 Å². The Kier molecular flexibility index (Phi) is 5.91. The fourth-order valence-electron chi connectivity index (χ4n) is 1.56. The number of thioether (sulfide) groups is 1. The Morgan fingerprint density at radius 3 is 2.82 bits per heavy atom. The molecule has 4 heteroatoms. The Morgan fingerprint density at radius 2 is 2.18 bits per heavy atom. The minimum absolute atomic E-state index is 0.0772. The van der Waals surface area contributed by atoms with E-state index in [9.17, 15) is 4.79 Å². The van der Waals surface area contributed by atoms with E-state index in [1.54, 1.807) is 6.07 Å². The SMILES string of the molecule is CSCCCCNC(=O)c1ccc(C)cc1N. The average molecular weight is 252 g/mol. The maximum Gasteiger partial charge on any atom is 0.253 e. The molecule has 0 aromatic heterocycles. The summed E-state index contributed by atoms with van der Waals surface area (Å²) in [4.78, 5) is 11.8. The van der Waals surface area contributed by atoms with Gasteiger partial charge in [0, 0.05) is 12.2 Å². The largest absolute Gasteiger partial charge is 0.398 e. The topological polar surface area (TPSA) is 55.1 Å². The number of carbonyl (C=O) groups excluding carboxylic acids is 1. The molecule has 0 atom stereocenters. The molecule has 0 aliphatic rings. The monoisotopic (exact) mass is 252 g/mol. The summed E-state index contributed by atoms with van der Waals surface area (Å²) in [5.41, 5.74) is 8.00. The molecule has 3 nitrogen and oxygen atoms in total. The number of anilines is 1. The molecule has 0 saturated carbocycles. The Hall–Kier alpha value is -1.16. The summed E-state index contributed by atoms with van der Waals surface area (Å²) in [6, 6.07) is 5.50. The fourth-order valence-corrected chi connectivity index (χ4v) is 2.05. The van der Waals surface area contributed by atoms with Gasteiger partial charge in [0.25, 0.3) is 5.91 Å². The van der Waals surface area contributed by atoms with E-state index in [4.69, 9.17) is 5.73 Å². The first kappa shape index (κ1) is 13.9. The number of benzene rings is 1. The molecule has 0 spiro atoms. The number of rotatable bonds is 6. The van der Waals surface area contributed by atoms with Gasteiger partial charge in [-0.1, -0.05) is 6.07 Å². The number of hydrogen-bond acceptors (Lipinski definition) is 3. The molecule has 0 fully saturated rings. The molecular formula is C13H20N2OS. The average Bonchev–Trinajstić information content (AvgIpc) is 2.28. The molecule has 0 heterocycles. The lowest BCUT2D eigenvalue weighted by molar-refractivity contribution is 0.0954. The second-order valence-corrected chi connectivity index (χ2v) is 5.03. The summed E-state index contributed by atoms with van der Waals surface area (Å²) in [6.07, 6.45) is 4.23. The third-order valence-electron chi connectivity index (χ3n) is 2.51. The van der Waals surface area contributed by atoms with Gasteiger partial charge in [-0.2, -0.15) is 11.8 Å². The third-order valence-corrected chi connectivity index (χ3v) is 3.21. The van der Waals surface area contributed by atoms with Crippen LogP contribution in [0, 0.1) is 6.92 Å². The van der Waals surface area contributed by atoms with Crippen LogP contribution >= 0.6 is 11.8 Å². The van der Waals surface area contributed by atoms with Gasteiger partial charge in [-0.25, -0.2) is 0 Å². The van der Waals surface area contributed by atoms with Crippen molar-refractivity contribution >= 4 is 23.4 Å². The van der Waals surface area contributed by atoms with Crippen LogP contribution in [0.4, 0.5) is 5.69 Å². The van der Waals surface area contributed by atoms with Crippen molar-refractivity contribution in [1.82, 2.24) is 5.32 Å². The fraction of sp³-hybridized carbons (Fsp3) is 0.462. The lowest BCUT2D eigenvalue weighted by Gasteiger charge is -2.07. The van der Waals surface area contributed by atoms with Gasteiger partial charge < -0.3 is 11.1 Å². The smallest absolute Gasteiger partial charge is 0.253 e. The minimum atomic E-state index is -0.0772. The van der Waals surface area contributed by atoms with Crippen molar-refractivity contribution in [3.63, 3.8) is 0 Å². The summed E-state index contributed by atoms with van der Waals surface area (Å²) < 4.78 is 0. The van der Waals surface area contributed by atoms with Crippen LogP contribution in [0.3, 0.4) is 0 Å². The number of carbonyl (C=O) groups is 1. The number of aryl methyl sites for hydroxylation is 1. The highest BCUT2D eigenvalue weighted by molar-refractivity contribution is 7.98. The minimum Gasteiger partial charge on any atom is -0.398 e. The Bertz CT molecular complexity index is 380. The van der Waals surface area contributed by atoms with Gasteiger partial charge in [0.05, 0.1) is 5.56 Å².